The van der Waals surface area contributed by atoms with Gasteiger partial charge in [-0.2, -0.15) is 5.10 Å². The van der Waals surface area contributed by atoms with Gasteiger partial charge < -0.3 is 14.5 Å². The van der Waals surface area contributed by atoms with Crippen LogP contribution in [0.4, 0.5) is 5.69 Å². The predicted octanol–water partition coefficient (Wildman–Crippen LogP) is 5.73. The van der Waals surface area contributed by atoms with E-state index >= 15 is 0 Å². The minimum Gasteiger partial charge on any atom is -0.497 e. The SMILES string of the molecule is COc1ccc2[nH]c(C(=O)NN=Cc3ccccc3OC(=O)c3ccc([N+](=O)[O-])cc3)c(-c3ccccc3)c2c1. The molecule has 5 aromatic rings. The first-order valence-electron chi connectivity index (χ1n) is 12.1. The topological polar surface area (TPSA) is 136 Å². The van der Waals surface area contributed by atoms with Gasteiger partial charge in [-0.15, -0.1) is 0 Å². The van der Waals surface area contributed by atoms with Crippen molar-refractivity contribution in [3.8, 4) is 22.6 Å². The van der Waals surface area contributed by atoms with E-state index in [4.69, 9.17) is 9.47 Å². The normalized spacial score (nSPS) is 10.9. The number of nitro groups is 1. The van der Waals surface area contributed by atoms with Crippen LogP contribution in [0, 0.1) is 10.1 Å². The molecular formula is C30H22N4O6. The Hall–Kier alpha value is -5.77. The molecule has 1 heterocycles. The van der Waals surface area contributed by atoms with E-state index in [9.17, 15) is 19.7 Å². The smallest absolute Gasteiger partial charge is 0.343 e. The second kappa shape index (κ2) is 11.3. The van der Waals surface area contributed by atoms with Gasteiger partial charge in [0.05, 0.1) is 23.8 Å². The lowest BCUT2D eigenvalue weighted by Gasteiger charge is -2.07. The summed E-state index contributed by atoms with van der Waals surface area (Å²) in [5, 5.41) is 15.8. The summed E-state index contributed by atoms with van der Waals surface area (Å²) in [5.74, 6) is -0.300. The van der Waals surface area contributed by atoms with Crippen LogP contribution in [-0.4, -0.2) is 35.1 Å². The first kappa shape index (κ1) is 25.9. The summed E-state index contributed by atoms with van der Waals surface area (Å²) in [6.45, 7) is 0. The number of aromatic nitrogens is 1. The zero-order valence-electron chi connectivity index (χ0n) is 21.2. The van der Waals surface area contributed by atoms with Crippen molar-refractivity contribution in [3.05, 3.63) is 124 Å². The third-order valence-corrected chi connectivity index (χ3v) is 6.10. The number of nitrogens with zero attached hydrogens (tertiary/aromatic N) is 2. The zero-order valence-corrected chi connectivity index (χ0v) is 21.2. The van der Waals surface area contributed by atoms with Gasteiger partial charge in [-0.05, 0) is 48.0 Å². The molecule has 0 radical (unpaired) electrons. The number of fused-ring (bicyclic) bond motifs is 1. The number of benzene rings is 4. The summed E-state index contributed by atoms with van der Waals surface area (Å²) < 4.78 is 10.9. The van der Waals surface area contributed by atoms with Crippen LogP contribution in [0.1, 0.15) is 26.4 Å². The lowest BCUT2D eigenvalue weighted by atomic mass is 10.0. The fourth-order valence-electron chi connectivity index (χ4n) is 4.15. The molecule has 0 fully saturated rings. The molecule has 198 valence electrons. The highest BCUT2D eigenvalue weighted by Crippen LogP contribution is 2.34. The highest BCUT2D eigenvalue weighted by atomic mass is 16.6. The van der Waals surface area contributed by atoms with Crippen molar-refractivity contribution in [2.24, 2.45) is 5.10 Å². The number of hydrogen-bond donors (Lipinski definition) is 2. The van der Waals surface area contributed by atoms with Crippen LogP contribution >= 0.6 is 0 Å². The monoisotopic (exact) mass is 534 g/mol. The minimum absolute atomic E-state index is 0.135. The summed E-state index contributed by atoms with van der Waals surface area (Å²) in [4.78, 5) is 39.3. The minimum atomic E-state index is -0.694. The average molecular weight is 535 g/mol. The number of rotatable bonds is 8. The Morgan fingerprint density at radius 3 is 2.40 bits per heavy atom. The van der Waals surface area contributed by atoms with Gasteiger partial charge in [0.25, 0.3) is 11.6 Å². The van der Waals surface area contributed by atoms with Crippen LogP contribution in [0.3, 0.4) is 0 Å². The Kier molecular flexibility index (Phi) is 7.32. The molecule has 1 aromatic heterocycles. The summed E-state index contributed by atoms with van der Waals surface area (Å²) in [6.07, 6.45) is 1.37. The lowest BCUT2D eigenvalue weighted by Crippen LogP contribution is -2.19. The molecule has 10 nitrogen and oxygen atoms in total. The van der Waals surface area contributed by atoms with Crippen molar-refractivity contribution in [1.82, 2.24) is 10.4 Å². The van der Waals surface area contributed by atoms with Crippen molar-refractivity contribution in [1.29, 1.82) is 0 Å². The molecule has 2 N–H and O–H groups in total. The number of para-hydroxylation sites is 1. The van der Waals surface area contributed by atoms with E-state index in [1.807, 2.05) is 48.5 Å². The van der Waals surface area contributed by atoms with Gasteiger partial charge >= 0.3 is 5.97 Å². The molecule has 0 aliphatic heterocycles. The summed E-state index contributed by atoms with van der Waals surface area (Å²) in [5.41, 5.74) is 5.63. The number of amides is 1. The molecule has 0 unspecified atom stereocenters. The number of hydrazone groups is 1. The van der Waals surface area contributed by atoms with Crippen molar-refractivity contribution in [2.75, 3.05) is 7.11 Å². The van der Waals surface area contributed by atoms with Crippen LogP contribution in [0.5, 0.6) is 11.5 Å². The molecule has 4 aromatic carbocycles. The summed E-state index contributed by atoms with van der Waals surface area (Å²) in [6, 6.07) is 26.8. The molecule has 40 heavy (non-hydrogen) atoms. The molecule has 5 rings (SSSR count). The van der Waals surface area contributed by atoms with Gasteiger partial charge in [0.1, 0.15) is 17.2 Å². The molecule has 0 saturated heterocycles. The molecule has 1 amide bonds. The Morgan fingerprint density at radius 1 is 0.950 bits per heavy atom. The van der Waals surface area contributed by atoms with E-state index in [-0.39, 0.29) is 17.0 Å². The first-order valence-corrected chi connectivity index (χ1v) is 12.1. The lowest BCUT2D eigenvalue weighted by molar-refractivity contribution is -0.384. The largest absolute Gasteiger partial charge is 0.497 e. The third kappa shape index (κ3) is 5.41. The van der Waals surface area contributed by atoms with E-state index in [0.29, 0.717) is 22.6 Å². The van der Waals surface area contributed by atoms with Gasteiger partial charge in [-0.25, -0.2) is 10.2 Å². The Morgan fingerprint density at radius 2 is 1.68 bits per heavy atom. The Labute approximate surface area is 228 Å². The van der Waals surface area contributed by atoms with Crippen molar-refractivity contribution < 1.29 is 24.0 Å². The molecule has 0 atom stereocenters. The summed E-state index contributed by atoms with van der Waals surface area (Å²) in [7, 11) is 1.58. The first-order chi connectivity index (χ1) is 19.4. The highest BCUT2D eigenvalue weighted by Gasteiger charge is 2.20. The molecule has 0 bridgehead atoms. The summed E-state index contributed by atoms with van der Waals surface area (Å²) >= 11 is 0. The fourth-order valence-corrected chi connectivity index (χ4v) is 4.15. The van der Waals surface area contributed by atoms with E-state index < -0.39 is 16.8 Å². The number of esters is 1. The number of non-ortho nitro benzene ring substituents is 1. The highest BCUT2D eigenvalue weighted by molar-refractivity contribution is 6.10. The third-order valence-electron chi connectivity index (χ3n) is 6.10. The number of carbonyl (C=O) groups is 2. The number of nitro benzene ring substituents is 1. The average Bonchev–Trinajstić information content (AvgIpc) is 3.37. The van der Waals surface area contributed by atoms with E-state index in [0.717, 1.165) is 16.5 Å². The van der Waals surface area contributed by atoms with Crippen LogP contribution in [0.25, 0.3) is 22.0 Å². The zero-order chi connectivity index (χ0) is 28.1. The number of methoxy groups -OCH3 is 1. The number of hydrogen-bond acceptors (Lipinski definition) is 7. The number of H-pyrrole nitrogens is 1. The van der Waals surface area contributed by atoms with Crippen LogP contribution in [0.2, 0.25) is 0 Å². The number of carbonyl (C=O) groups excluding carboxylic acids is 2. The predicted molar refractivity (Wildman–Crippen MR) is 150 cm³/mol. The molecule has 0 aliphatic rings. The van der Waals surface area contributed by atoms with E-state index in [2.05, 4.69) is 15.5 Å². The molecule has 0 saturated carbocycles. The van der Waals surface area contributed by atoms with Gasteiger partial charge in [0, 0.05) is 34.2 Å². The number of nitrogens with one attached hydrogen (secondary N) is 2. The number of ether oxygens (including phenoxy) is 2. The second-order valence-electron chi connectivity index (χ2n) is 8.58. The van der Waals surface area contributed by atoms with Gasteiger partial charge in [-0.1, -0.05) is 42.5 Å². The van der Waals surface area contributed by atoms with Crippen molar-refractivity contribution in [2.45, 2.75) is 0 Å². The maximum absolute atomic E-state index is 13.3. The van der Waals surface area contributed by atoms with E-state index in [1.165, 1.54) is 30.5 Å². The van der Waals surface area contributed by atoms with Crippen LogP contribution in [-0.2, 0) is 0 Å². The second-order valence-corrected chi connectivity index (χ2v) is 8.58. The quantitative estimate of drug-likeness (QED) is 0.0857. The van der Waals surface area contributed by atoms with Crippen LogP contribution < -0.4 is 14.9 Å². The molecule has 0 spiro atoms. The van der Waals surface area contributed by atoms with Crippen molar-refractivity contribution >= 4 is 34.7 Å². The fraction of sp³-hybridized carbons (Fsp3) is 0.0333. The van der Waals surface area contributed by atoms with Gasteiger partial charge in [-0.3, -0.25) is 14.9 Å². The van der Waals surface area contributed by atoms with E-state index in [1.54, 1.807) is 31.4 Å². The maximum atomic E-state index is 13.3. The molecule has 10 heteroatoms. The standard InChI is InChI=1S/C30H22N4O6/c1-39-23-15-16-25-24(17-23)27(19-7-3-2-4-8-19)28(32-25)29(35)33-31-18-21-9-5-6-10-26(21)40-30(36)20-11-13-22(14-12-20)34(37)38/h2-18,32H,1H3,(H,33,35). The Balaban J connectivity index is 1.37. The molecular weight excluding hydrogens is 512 g/mol. The van der Waals surface area contributed by atoms with Gasteiger partial charge in [0.15, 0.2) is 0 Å². The molecule has 0 aliphatic carbocycles. The number of aromatic amines is 1. The van der Waals surface area contributed by atoms with Gasteiger partial charge in [0.2, 0.25) is 0 Å². The van der Waals surface area contributed by atoms with Crippen molar-refractivity contribution in [3.63, 3.8) is 0 Å². The maximum Gasteiger partial charge on any atom is 0.343 e. The van der Waals surface area contributed by atoms with Crippen LogP contribution in [0.15, 0.2) is 102 Å². The Bertz CT molecular complexity index is 1740.